The van der Waals surface area contributed by atoms with Crippen molar-refractivity contribution in [1.82, 2.24) is 0 Å². The summed E-state index contributed by atoms with van der Waals surface area (Å²) in [7, 11) is 0. The van der Waals surface area contributed by atoms with Gasteiger partial charge in [0.15, 0.2) is 0 Å². The molecule has 0 aliphatic heterocycles. The van der Waals surface area contributed by atoms with E-state index in [9.17, 15) is 0 Å². The van der Waals surface area contributed by atoms with Crippen LogP contribution in [0.4, 0.5) is 5.69 Å². The zero-order valence-electron chi connectivity index (χ0n) is 9.70. The summed E-state index contributed by atoms with van der Waals surface area (Å²) in [6.07, 6.45) is 0. The Labute approximate surface area is 105 Å². The lowest BCUT2D eigenvalue weighted by molar-refractivity contribution is 0.870. The molecule has 1 nitrogen and oxygen atoms in total. The molecule has 0 bridgehead atoms. The van der Waals surface area contributed by atoms with Crippen molar-refractivity contribution in [3.05, 3.63) is 40.9 Å². The van der Waals surface area contributed by atoms with Crippen LogP contribution in [0.5, 0.6) is 0 Å². The van der Waals surface area contributed by atoms with Gasteiger partial charge in [0, 0.05) is 28.6 Å². The van der Waals surface area contributed by atoms with Gasteiger partial charge in [-0.1, -0.05) is 40.2 Å². The fourth-order valence-electron chi connectivity index (χ4n) is 2.09. The van der Waals surface area contributed by atoms with Crippen LogP contribution in [0.25, 0.3) is 10.8 Å². The van der Waals surface area contributed by atoms with Crippen molar-refractivity contribution in [3.63, 3.8) is 0 Å². The highest BCUT2D eigenvalue weighted by atomic mass is 79.9. The molecule has 0 fully saturated rings. The van der Waals surface area contributed by atoms with Crippen LogP contribution < -0.4 is 4.90 Å². The van der Waals surface area contributed by atoms with Crippen LogP contribution in [-0.2, 0) is 0 Å². The fourth-order valence-corrected chi connectivity index (χ4v) is 2.56. The van der Waals surface area contributed by atoms with Gasteiger partial charge in [-0.15, -0.1) is 0 Å². The van der Waals surface area contributed by atoms with Crippen molar-refractivity contribution < 1.29 is 0 Å². The minimum atomic E-state index is 1.04. The first-order valence-corrected chi connectivity index (χ1v) is 6.49. The van der Waals surface area contributed by atoms with Gasteiger partial charge in [0.2, 0.25) is 0 Å². The van der Waals surface area contributed by atoms with E-state index in [0.29, 0.717) is 0 Å². The minimum Gasteiger partial charge on any atom is -0.372 e. The summed E-state index contributed by atoms with van der Waals surface area (Å²) in [4.78, 5) is 2.38. The molecule has 2 aromatic carbocycles. The summed E-state index contributed by atoms with van der Waals surface area (Å²) in [6.45, 7) is 6.48. The molecule has 0 spiro atoms. The first kappa shape index (κ1) is 11.5. The van der Waals surface area contributed by atoms with E-state index >= 15 is 0 Å². The molecule has 0 amide bonds. The van der Waals surface area contributed by atoms with Gasteiger partial charge >= 0.3 is 0 Å². The summed E-state index contributed by atoms with van der Waals surface area (Å²) < 4.78 is 1.17. The molecule has 0 aliphatic carbocycles. The lowest BCUT2D eigenvalue weighted by Crippen LogP contribution is -2.21. The number of hydrogen-bond donors (Lipinski definition) is 0. The minimum absolute atomic E-state index is 1.04. The zero-order chi connectivity index (χ0) is 11.5. The average Bonchev–Trinajstić information content (AvgIpc) is 2.34. The maximum Gasteiger partial charge on any atom is 0.0446 e. The highest BCUT2D eigenvalue weighted by molar-refractivity contribution is 9.10. The molecule has 2 aromatic rings. The Hall–Kier alpha value is -1.02. The lowest BCUT2D eigenvalue weighted by Gasteiger charge is -2.23. The van der Waals surface area contributed by atoms with Gasteiger partial charge in [-0.25, -0.2) is 0 Å². The summed E-state index contributed by atoms with van der Waals surface area (Å²) >= 11 is 3.61. The summed E-state index contributed by atoms with van der Waals surface area (Å²) in [5.41, 5.74) is 1.32. The third-order valence-electron chi connectivity index (χ3n) is 2.95. The van der Waals surface area contributed by atoms with Crippen molar-refractivity contribution in [3.8, 4) is 0 Å². The van der Waals surface area contributed by atoms with E-state index in [2.05, 4.69) is 71.1 Å². The molecular formula is C14H16BrN. The smallest absolute Gasteiger partial charge is 0.0446 e. The van der Waals surface area contributed by atoms with Crippen LogP contribution in [0.1, 0.15) is 13.8 Å². The molecule has 0 aliphatic rings. The number of benzene rings is 2. The van der Waals surface area contributed by atoms with E-state index < -0.39 is 0 Å². The first-order chi connectivity index (χ1) is 7.77. The molecule has 2 rings (SSSR count). The molecule has 0 aromatic heterocycles. The number of nitrogens with zero attached hydrogens (tertiary/aromatic N) is 1. The molecule has 0 radical (unpaired) electrons. The third kappa shape index (κ3) is 1.94. The predicted molar refractivity (Wildman–Crippen MR) is 75.2 cm³/mol. The van der Waals surface area contributed by atoms with E-state index in [1.807, 2.05) is 0 Å². The number of fused-ring (bicyclic) bond motifs is 1. The molecule has 0 saturated heterocycles. The molecule has 0 saturated carbocycles. The summed E-state index contributed by atoms with van der Waals surface area (Å²) in [6, 6.07) is 12.9. The second-order valence-corrected chi connectivity index (χ2v) is 4.64. The molecule has 0 heterocycles. The maximum atomic E-state index is 3.61. The van der Waals surface area contributed by atoms with E-state index in [1.165, 1.54) is 20.9 Å². The summed E-state index contributed by atoms with van der Waals surface area (Å²) in [5, 5.41) is 2.60. The summed E-state index contributed by atoms with van der Waals surface area (Å²) in [5.74, 6) is 0. The van der Waals surface area contributed by atoms with Crippen LogP contribution >= 0.6 is 15.9 Å². The van der Waals surface area contributed by atoms with Crippen molar-refractivity contribution in [2.75, 3.05) is 18.0 Å². The van der Waals surface area contributed by atoms with Crippen molar-refractivity contribution in [2.45, 2.75) is 13.8 Å². The third-order valence-corrected chi connectivity index (χ3v) is 3.64. The van der Waals surface area contributed by atoms with Gasteiger partial charge in [-0.2, -0.15) is 0 Å². The Morgan fingerprint density at radius 2 is 1.56 bits per heavy atom. The van der Waals surface area contributed by atoms with Gasteiger partial charge in [-0.05, 0) is 31.4 Å². The van der Waals surface area contributed by atoms with Crippen LogP contribution in [0, 0.1) is 0 Å². The average molecular weight is 278 g/mol. The molecular weight excluding hydrogens is 262 g/mol. The SMILES string of the molecule is CCN(CC)c1ccc(Br)c2ccccc12. The van der Waals surface area contributed by atoms with Crippen LogP contribution in [0.2, 0.25) is 0 Å². The molecule has 0 unspecified atom stereocenters. The van der Waals surface area contributed by atoms with Crippen LogP contribution in [0.15, 0.2) is 40.9 Å². The highest BCUT2D eigenvalue weighted by Crippen LogP contribution is 2.31. The lowest BCUT2D eigenvalue weighted by atomic mass is 10.1. The van der Waals surface area contributed by atoms with Gasteiger partial charge in [0.1, 0.15) is 0 Å². The van der Waals surface area contributed by atoms with E-state index in [0.717, 1.165) is 13.1 Å². The Morgan fingerprint density at radius 1 is 0.938 bits per heavy atom. The second kappa shape index (κ2) is 4.88. The Balaban J connectivity index is 2.66. The van der Waals surface area contributed by atoms with Gasteiger partial charge < -0.3 is 4.90 Å². The van der Waals surface area contributed by atoms with Crippen molar-refractivity contribution in [2.24, 2.45) is 0 Å². The van der Waals surface area contributed by atoms with Crippen molar-refractivity contribution >= 4 is 32.4 Å². The number of hydrogen-bond acceptors (Lipinski definition) is 1. The predicted octanol–water partition coefficient (Wildman–Crippen LogP) is 4.45. The van der Waals surface area contributed by atoms with Crippen LogP contribution in [0.3, 0.4) is 0 Å². The fraction of sp³-hybridized carbons (Fsp3) is 0.286. The van der Waals surface area contributed by atoms with Gasteiger partial charge in [-0.3, -0.25) is 0 Å². The topological polar surface area (TPSA) is 3.24 Å². The monoisotopic (exact) mass is 277 g/mol. The zero-order valence-corrected chi connectivity index (χ0v) is 11.3. The molecule has 0 N–H and O–H groups in total. The molecule has 84 valence electrons. The Morgan fingerprint density at radius 3 is 2.19 bits per heavy atom. The number of anilines is 1. The Bertz CT molecular complexity index is 489. The molecule has 2 heteroatoms. The van der Waals surface area contributed by atoms with Gasteiger partial charge in [0.25, 0.3) is 0 Å². The molecule has 16 heavy (non-hydrogen) atoms. The van der Waals surface area contributed by atoms with Gasteiger partial charge in [0.05, 0.1) is 0 Å². The largest absolute Gasteiger partial charge is 0.372 e. The number of rotatable bonds is 3. The van der Waals surface area contributed by atoms with E-state index in [-0.39, 0.29) is 0 Å². The van der Waals surface area contributed by atoms with Crippen LogP contribution in [-0.4, -0.2) is 13.1 Å². The quantitative estimate of drug-likeness (QED) is 0.801. The van der Waals surface area contributed by atoms with E-state index in [1.54, 1.807) is 0 Å². The maximum absolute atomic E-state index is 3.61. The Kier molecular flexibility index (Phi) is 3.49. The number of halogens is 1. The van der Waals surface area contributed by atoms with Crippen molar-refractivity contribution in [1.29, 1.82) is 0 Å². The highest BCUT2D eigenvalue weighted by Gasteiger charge is 2.07. The standard InChI is InChI=1S/C14H16BrN/c1-3-16(4-2)14-10-9-13(15)11-7-5-6-8-12(11)14/h5-10H,3-4H2,1-2H3. The van der Waals surface area contributed by atoms with E-state index in [4.69, 9.17) is 0 Å². The normalized spacial score (nSPS) is 10.7. The molecule has 0 atom stereocenters. The second-order valence-electron chi connectivity index (χ2n) is 3.78. The first-order valence-electron chi connectivity index (χ1n) is 5.70.